The standard InChI is InChI=1S/C17H14O4/c1-11-3-2-4-13(7-11)14(17(18)19)8-12-5-6-15-16(9-12)21-10-20-15/h2-9H,10H2,1H3,(H,18,19)/b14-8+. The lowest BCUT2D eigenvalue weighted by molar-refractivity contribution is -0.130. The molecule has 1 heterocycles. The number of rotatable bonds is 3. The van der Waals surface area contributed by atoms with Gasteiger partial charge in [-0.1, -0.05) is 35.9 Å². The van der Waals surface area contributed by atoms with Crippen LogP contribution in [-0.2, 0) is 4.79 Å². The fourth-order valence-electron chi connectivity index (χ4n) is 2.25. The summed E-state index contributed by atoms with van der Waals surface area (Å²) in [5.41, 5.74) is 2.71. The molecule has 1 aliphatic heterocycles. The summed E-state index contributed by atoms with van der Waals surface area (Å²) < 4.78 is 10.6. The van der Waals surface area contributed by atoms with E-state index in [4.69, 9.17) is 9.47 Å². The molecular formula is C17H14O4. The number of ether oxygens (including phenoxy) is 2. The first-order valence-electron chi connectivity index (χ1n) is 6.55. The van der Waals surface area contributed by atoms with Gasteiger partial charge in [-0.25, -0.2) is 4.79 Å². The Kier molecular flexibility index (Phi) is 3.36. The molecule has 0 saturated heterocycles. The van der Waals surface area contributed by atoms with E-state index in [1.165, 1.54) is 0 Å². The van der Waals surface area contributed by atoms with Crippen molar-refractivity contribution in [1.29, 1.82) is 0 Å². The Morgan fingerprint density at radius 1 is 1.14 bits per heavy atom. The van der Waals surface area contributed by atoms with Crippen LogP contribution in [0.5, 0.6) is 11.5 Å². The second-order valence-corrected chi connectivity index (χ2v) is 4.85. The Morgan fingerprint density at radius 2 is 1.95 bits per heavy atom. The van der Waals surface area contributed by atoms with Crippen LogP contribution in [-0.4, -0.2) is 17.9 Å². The molecule has 106 valence electrons. The number of fused-ring (bicyclic) bond motifs is 1. The van der Waals surface area contributed by atoms with Gasteiger partial charge in [-0.3, -0.25) is 0 Å². The van der Waals surface area contributed by atoms with E-state index in [1.54, 1.807) is 24.3 Å². The number of carbonyl (C=O) groups is 1. The molecule has 1 aliphatic rings. The van der Waals surface area contributed by atoms with Crippen molar-refractivity contribution in [1.82, 2.24) is 0 Å². The number of hydrogen-bond acceptors (Lipinski definition) is 3. The highest BCUT2D eigenvalue weighted by molar-refractivity contribution is 6.20. The van der Waals surface area contributed by atoms with Crippen LogP contribution in [0.15, 0.2) is 42.5 Å². The molecule has 2 aromatic rings. The van der Waals surface area contributed by atoms with Crippen LogP contribution < -0.4 is 9.47 Å². The maximum absolute atomic E-state index is 11.5. The van der Waals surface area contributed by atoms with E-state index in [0.717, 1.165) is 11.1 Å². The highest BCUT2D eigenvalue weighted by Crippen LogP contribution is 2.33. The molecule has 0 fully saturated rings. The molecule has 0 atom stereocenters. The quantitative estimate of drug-likeness (QED) is 0.693. The predicted molar refractivity (Wildman–Crippen MR) is 79.3 cm³/mol. The molecule has 0 saturated carbocycles. The number of aryl methyl sites for hydroxylation is 1. The van der Waals surface area contributed by atoms with Crippen LogP contribution in [0.1, 0.15) is 16.7 Å². The van der Waals surface area contributed by atoms with Crippen molar-refractivity contribution in [2.24, 2.45) is 0 Å². The SMILES string of the molecule is Cc1cccc(/C(=C\c2ccc3c(c2)OCO3)C(=O)O)c1. The summed E-state index contributed by atoms with van der Waals surface area (Å²) >= 11 is 0. The van der Waals surface area contributed by atoms with Gasteiger partial charge in [0.1, 0.15) is 0 Å². The number of aliphatic carboxylic acids is 1. The lowest BCUT2D eigenvalue weighted by Crippen LogP contribution is -1.99. The molecule has 0 unspecified atom stereocenters. The monoisotopic (exact) mass is 282 g/mol. The van der Waals surface area contributed by atoms with Gasteiger partial charge in [-0.2, -0.15) is 0 Å². The molecule has 4 nitrogen and oxygen atoms in total. The molecule has 0 amide bonds. The second kappa shape index (κ2) is 5.32. The second-order valence-electron chi connectivity index (χ2n) is 4.85. The Labute approximate surface area is 122 Å². The highest BCUT2D eigenvalue weighted by atomic mass is 16.7. The smallest absolute Gasteiger partial charge is 0.336 e. The summed E-state index contributed by atoms with van der Waals surface area (Å²) in [6.07, 6.45) is 1.64. The lowest BCUT2D eigenvalue weighted by Gasteiger charge is -2.05. The van der Waals surface area contributed by atoms with Crippen molar-refractivity contribution in [3.63, 3.8) is 0 Å². The van der Waals surface area contributed by atoms with Gasteiger partial charge in [0.2, 0.25) is 6.79 Å². The Balaban J connectivity index is 2.03. The highest BCUT2D eigenvalue weighted by Gasteiger charge is 2.15. The molecule has 21 heavy (non-hydrogen) atoms. The van der Waals surface area contributed by atoms with Crippen LogP contribution >= 0.6 is 0 Å². The zero-order valence-corrected chi connectivity index (χ0v) is 11.5. The number of benzene rings is 2. The van der Waals surface area contributed by atoms with Gasteiger partial charge in [0.25, 0.3) is 0 Å². The number of hydrogen-bond donors (Lipinski definition) is 1. The Bertz CT molecular complexity index is 731. The van der Waals surface area contributed by atoms with Gasteiger partial charge < -0.3 is 14.6 Å². The third kappa shape index (κ3) is 2.74. The maximum atomic E-state index is 11.5. The van der Waals surface area contributed by atoms with Crippen molar-refractivity contribution >= 4 is 17.6 Å². The molecule has 0 aromatic heterocycles. The van der Waals surface area contributed by atoms with Crippen LogP contribution in [0.2, 0.25) is 0 Å². The molecule has 0 spiro atoms. The summed E-state index contributed by atoms with van der Waals surface area (Å²) in [4.78, 5) is 11.5. The summed E-state index contributed by atoms with van der Waals surface area (Å²) in [5.74, 6) is 0.357. The first-order valence-corrected chi connectivity index (χ1v) is 6.55. The van der Waals surface area contributed by atoms with Crippen molar-refractivity contribution < 1.29 is 19.4 Å². The summed E-state index contributed by atoms with van der Waals surface area (Å²) in [6, 6.07) is 12.8. The third-order valence-electron chi connectivity index (χ3n) is 3.27. The summed E-state index contributed by atoms with van der Waals surface area (Å²) in [5, 5.41) is 9.45. The fourth-order valence-corrected chi connectivity index (χ4v) is 2.25. The van der Waals surface area contributed by atoms with Crippen LogP contribution in [0, 0.1) is 6.92 Å². The minimum absolute atomic E-state index is 0.201. The molecule has 0 aliphatic carbocycles. The van der Waals surface area contributed by atoms with E-state index in [9.17, 15) is 9.90 Å². The van der Waals surface area contributed by atoms with Crippen molar-refractivity contribution in [3.8, 4) is 11.5 Å². The van der Waals surface area contributed by atoms with E-state index in [0.29, 0.717) is 17.1 Å². The van der Waals surface area contributed by atoms with Gasteiger partial charge in [0.15, 0.2) is 11.5 Å². The Hall–Kier alpha value is -2.75. The van der Waals surface area contributed by atoms with Crippen molar-refractivity contribution in [2.45, 2.75) is 6.92 Å². The van der Waals surface area contributed by atoms with Gasteiger partial charge in [-0.05, 0) is 36.3 Å². The van der Waals surface area contributed by atoms with Crippen molar-refractivity contribution in [2.75, 3.05) is 6.79 Å². The van der Waals surface area contributed by atoms with Gasteiger partial charge in [0.05, 0.1) is 5.57 Å². The van der Waals surface area contributed by atoms with Crippen LogP contribution in [0.25, 0.3) is 11.6 Å². The van der Waals surface area contributed by atoms with Crippen LogP contribution in [0.4, 0.5) is 0 Å². The van der Waals surface area contributed by atoms with E-state index < -0.39 is 5.97 Å². The molecule has 2 aromatic carbocycles. The van der Waals surface area contributed by atoms with E-state index in [1.807, 2.05) is 31.2 Å². The van der Waals surface area contributed by atoms with E-state index >= 15 is 0 Å². The summed E-state index contributed by atoms with van der Waals surface area (Å²) in [7, 11) is 0. The minimum Gasteiger partial charge on any atom is -0.478 e. The number of carboxylic acids is 1. The molecular weight excluding hydrogens is 268 g/mol. The minimum atomic E-state index is -0.960. The van der Waals surface area contributed by atoms with E-state index in [-0.39, 0.29) is 12.4 Å². The largest absolute Gasteiger partial charge is 0.478 e. The zero-order chi connectivity index (χ0) is 14.8. The average Bonchev–Trinajstić information content (AvgIpc) is 2.92. The first-order chi connectivity index (χ1) is 10.1. The Morgan fingerprint density at radius 3 is 2.71 bits per heavy atom. The topological polar surface area (TPSA) is 55.8 Å². The van der Waals surface area contributed by atoms with Gasteiger partial charge in [-0.15, -0.1) is 0 Å². The van der Waals surface area contributed by atoms with E-state index in [2.05, 4.69) is 0 Å². The normalized spacial score (nSPS) is 13.3. The maximum Gasteiger partial charge on any atom is 0.336 e. The first kappa shape index (κ1) is 13.2. The van der Waals surface area contributed by atoms with Crippen molar-refractivity contribution in [3.05, 3.63) is 59.2 Å². The van der Waals surface area contributed by atoms with Gasteiger partial charge >= 0.3 is 5.97 Å². The van der Waals surface area contributed by atoms with Crippen LogP contribution in [0.3, 0.4) is 0 Å². The molecule has 1 N–H and O–H groups in total. The fraction of sp³-hybridized carbons (Fsp3) is 0.118. The third-order valence-corrected chi connectivity index (χ3v) is 3.27. The molecule has 3 rings (SSSR count). The lowest BCUT2D eigenvalue weighted by atomic mass is 10.0. The summed E-state index contributed by atoms with van der Waals surface area (Å²) in [6.45, 7) is 2.13. The molecule has 0 radical (unpaired) electrons. The molecule has 0 bridgehead atoms. The number of carboxylic acid groups (broad SMARTS) is 1. The predicted octanol–water partition coefficient (Wildman–Crippen LogP) is 3.35. The zero-order valence-electron chi connectivity index (χ0n) is 11.5. The van der Waals surface area contributed by atoms with Gasteiger partial charge in [0, 0.05) is 0 Å². The molecule has 4 heteroatoms. The average molecular weight is 282 g/mol.